The molecule has 0 saturated carbocycles. The van der Waals surface area contributed by atoms with E-state index in [1.165, 1.54) is 6.20 Å². The number of nitrogen functional groups attached to an aromatic ring is 1. The Hall–Kier alpha value is -1.84. The highest BCUT2D eigenvalue weighted by atomic mass is 16.3. The molecule has 4 nitrogen and oxygen atoms in total. The molecule has 0 aliphatic carbocycles. The largest absolute Gasteiger partial charge is 0.460 e. The van der Waals surface area contributed by atoms with Crippen molar-refractivity contribution in [3.05, 3.63) is 30.3 Å². The van der Waals surface area contributed by atoms with Crippen LogP contribution in [0.1, 0.15) is 5.76 Å². The number of furan rings is 1. The number of aryl methyl sites for hydroxylation is 1. The summed E-state index contributed by atoms with van der Waals surface area (Å²) in [5.74, 6) is 1.93. The zero-order valence-electron chi connectivity index (χ0n) is 7.19. The zero-order chi connectivity index (χ0) is 9.26. The first-order chi connectivity index (χ1) is 6.25. The van der Waals surface area contributed by atoms with Gasteiger partial charge in [0.2, 0.25) is 0 Å². The predicted octanol–water partition coefficient (Wildman–Crippen LogP) is 1.63. The van der Waals surface area contributed by atoms with Crippen molar-refractivity contribution in [1.29, 1.82) is 0 Å². The van der Waals surface area contributed by atoms with Gasteiger partial charge in [0.1, 0.15) is 17.3 Å². The SMILES string of the molecule is Cc1ccc(-c2cncc(N)n2)o1. The van der Waals surface area contributed by atoms with E-state index in [0.29, 0.717) is 17.3 Å². The van der Waals surface area contributed by atoms with E-state index in [0.717, 1.165) is 5.76 Å². The van der Waals surface area contributed by atoms with Gasteiger partial charge in [-0.25, -0.2) is 4.98 Å². The highest BCUT2D eigenvalue weighted by Gasteiger charge is 2.03. The standard InChI is InChI=1S/C9H9N3O/c1-6-2-3-8(13-6)7-4-11-5-9(10)12-7/h2-5H,1H3,(H2,10,12). The van der Waals surface area contributed by atoms with Crippen LogP contribution in [-0.4, -0.2) is 9.97 Å². The number of nitrogens with zero attached hydrogens (tertiary/aromatic N) is 2. The van der Waals surface area contributed by atoms with Crippen LogP contribution >= 0.6 is 0 Å². The molecular formula is C9H9N3O. The summed E-state index contributed by atoms with van der Waals surface area (Å²) in [6.07, 6.45) is 3.12. The Morgan fingerprint density at radius 1 is 1.31 bits per heavy atom. The average Bonchev–Trinajstić information content (AvgIpc) is 2.52. The molecule has 2 heterocycles. The Balaban J connectivity index is 2.46. The van der Waals surface area contributed by atoms with Crippen molar-refractivity contribution in [2.75, 3.05) is 5.73 Å². The second kappa shape index (κ2) is 2.90. The van der Waals surface area contributed by atoms with Gasteiger partial charge >= 0.3 is 0 Å². The van der Waals surface area contributed by atoms with Crippen LogP contribution in [0.5, 0.6) is 0 Å². The molecule has 0 aliphatic heterocycles. The molecule has 4 heteroatoms. The fourth-order valence-electron chi connectivity index (χ4n) is 1.07. The van der Waals surface area contributed by atoms with Crippen LogP contribution in [0.15, 0.2) is 28.9 Å². The fourth-order valence-corrected chi connectivity index (χ4v) is 1.07. The second-order valence-corrected chi connectivity index (χ2v) is 2.74. The Kier molecular flexibility index (Phi) is 1.73. The molecule has 0 aliphatic rings. The summed E-state index contributed by atoms with van der Waals surface area (Å²) in [7, 11) is 0. The molecule has 13 heavy (non-hydrogen) atoms. The molecule has 0 bridgehead atoms. The van der Waals surface area contributed by atoms with E-state index >= 15 is 0 Å². The van der Waals surface area contributed by atoms with Crippen molar-refractivity contribution in [3.63, 3.8) is 0 Å². The molecule has 2 N–H and O–H groups in total. The number of nitrogens with two attached hydrogens (primary N) is 1. The van der Waals surface area contributed by atoms with E-state index in [2.05, 4.69) is 9.97 Å². The van der Waals surface area contributed by atoms with Crippen LogP contribution in [-0.2, 0) is 0 Å². The van der Waals surface area contributed by atoms with Gasteiger partial charge in [-0.3, -0.25) is 4.98 Å². The van der Waals surface area contributed by atoms with E-state index < -0.39 is 0 Å². The molecule has 0 spiro atoms. The lowest BCUT2D eigenvalue weighted by Crippen LogP contribution is -1.92. The summed E-state index contributed by atoms with van der Waals surface area (Å²) >= 11 is 0. The van der Waals surface area contributed by atoms with Gasteiger partial charge in [-0.1, -0.05) is 0 Å². The molecule has 0 saturated heterocycles. The monoisotopic (exact) mass is 175 g/mol. The van der Waals surface area contributed by atoms with Gasteiger partial charge in [-0.15, -0.1) is 0 Å². The highest BCUT2D eigenvalue weighted by molar-refractivity contribution is 5.52. The minimum Gasteiger partial charge on any atom is -0.460 e. The molecule has 0 fully saturated rings. The molecule has 0 unspecified atom stereocenters. The molecular weight excluding hydrogens is 166 g/mol. The Morgan fingerprint density at radius 2 is 2.15 bits per heavy atom. The van der Waals surface area contributed by atoms with Crippen molar-refractivity contribution in [1.82, 2.24) is 9.97 Å². The minimum atomic E-state index is 0.395. The van der Waals surface area contributed by atoms with Gasteiger partial charge in [0.05, 0.1) is 12.4 Å². The summed E-state index contributed by atoms with van der Waals surface area (Å²) in [4.78, 5) is 8.00. The molecule has 0 aromatic carbocycles. The van der Waals surface area contributed by atoms with E-state index in [9.17, 15) is 0 Å². The van der Waals surface area contributed by atoms with Gasteiger partial charge < -0.3 is 10.2 Å². The van der Waals surface area contributed by atoms with Gasteiger partial charge in [0.15, 0.2) is 5.76 Å². The molecule has 2 aromatic rings. The summed E-state index contributed by atoms with van der Waals surface area (Å²) in [5, 5.41) is 0. The second-order valence-electron chi connectivity index (χ2n) is 2.74. The van der Waals surface area contributed by atoms with E-state index in [-0.39, 0.29) is 0 Å². The van der Waals surface area contributed by atoms with Crippen molar-refractivity contribution in [2.45, 2.75) is 6.92 Å². The summed E-state index contributed by atoms with van der Waals surface area (Å²) in [6, 6.07) is 3.72. The number of anilines is 1. The Labute approximate surface area is 75.4 Å². The van der Waals surface area contributed by atoms with Crippen LogP contribution in [0.25, 0.3) is 11.5 Å². The Morgan fingerprint density at radius 3 is 2.77 bits per heavy atom. The lowest BCUT2D eigenvalue weighted by atomic mass is 10.3. The first kappa shape index (κ1) is 7.79. The fraction of sp³-hybridized carbons (Fsp3) is 0.111. The maximum Gasteiger partial charge on any atom is 0.154 e. The molecule has 0 atom stereocenters. The van der Waals surface area contributed by atoms with Gasteiger partial charge in [-0.05, 0) is 19.1 Å². The van der Waals surface area contributed by atoms with Crippen LogP contribution in [0.4, 0.5) is 5.82 Å². The van der Waals surface area contributed by atoms with Crippen molar-refractivity contribution in [2.24, 2.45) is 0 Å². The topological polar surface area (TPSA) is 64.9 Å². The molecule has 2 rings (SSSR count). The number of aromatic nitrogens is 2. The predicted molar refractivity (Wildman–Crippen MR) is 48.9 cm³/mol. The maximum absolute atomic E-state index is 5.49. The van der Waals surface area contributed by atoms with Crippen molar-refractivity contribution < 1.29 is 4.42 Å². The highest BCUT2D eigenvalue weighted by Crippen LogP contribution is 2.19. The number of rotatable bonds is 1. The molecule has 0 amide bonds. The average molecular weight is 175 g/mol. The van der Waals surface area contributed by atoms with Crippen LogP contribution in [0.2, 0.25) is 0 Å². The number of hydrogen-bond donors (Lipinski definition) is 1. The third-order valence-corrected chi connectivity index (χ3v) is 1.65. The summed E-state index contributed by atoms with van der Waals surface area (Å²) < 4.78 is 5.37. The Bertz CT molecular complexity index is 422. The third kappa shape index (κ3) is 1.51. The van der Waals surface area contributed by atoms with E-state index in [1.54, 1.807) is 6.20 Å². The molecule has 0 radical (unpaired) electrons. The maximum atomic E-state index is 5.49. The lowest BCUT2D eigenvalue weighted by molar-refractivity contribution is 0.546. The number of hydrogen-bond acceptors (Lipinski definition) is 4. The van der Waals surface area contributed by atoms with Gasteiger partial charge in [0.25, 0.3) is 0 Å². The smallest absolute Gasteiger partial charge is 0.154 e. The summed E-state index contributed by atoms with van der Waals surface area (Å²) in [5.41, 5.74) is 6.15. The van der Waals surface area contributed by atoms with E-state index in [1.807, 2.05) is 19.1 Å². The van der Waals surface area contributed by atoms with Crippen molar-refractivity contribution >= 4 is 5.82 Å². The minimum absolute atomic E-state index is 0.395. The molecule has 66 valence electrons. The van der Waals surface area contributed by atoms with Crippen LogP contribution in [0, 0.1) is 6.92 Å². The lowest BCUT2D eigenvalue weighted by Gasteiger charge is -1.95. The summed E-state index contributed by atoms with van der Waals surface area (Å²) in [6.45, 7) is 1.88. The quantitative estimate of drug-likeness (QED) is 0.715. The van der Waals surface area contributed by atoms with Gasteiger partial charge in [-0.2, -0.15) is 0 Å². The third-order valence-electron chi connectivity index (χ3n) is 1.65. The zero-order valence-corrected chi connectivity index (χ0v) is 7.19. The first-order valence-corrected chi connectivity index (χ1v) is 3.90. The van der Waals surface area contributed by atoms with Crippen LogP contribution in [0.3, 0.4) is 0 Å². The molecule has 2 aromatic heterocycles. The van der Waals surface area contributed by atoms with Gasteiger partial charge in [0, 0.05) is 0 Å². The normalized spacial score (nSPS) is 10.2. The van der Waals surface area contributed by atoms with Crippen LogP contribution < -0.4 is 5.73 Å². The van der Waals surface area contributed by atoms with Crippen molar-refractivity contribution in [3.8, 4) is 11.5 Å². The first-order valence-electron chi connectivity index (χ1n) is 3.90. The van der Waals surface area contributed by atoms with E-state index in [4.69, 9.17) is 10.2 Å².